The number of nitrogens with zero attached hydrogens (tertiary/aromatic N) is 1. The third kappa shape index (κ3) is 4.62. The minimum Gasteiger partial charge on any atom is -0.372 e. The van der Waals surface area contributed by atoms with Crippen LogP contribution in [0, 0.1) is 11.3 Å². The lowest BCUT2D eigenvalue weighted by atomic mass is 9.90. The van der Waals surface area contributed by atoms with Gasteiger partial charge in [0.1, 0.15) is 6.04 Å². The summed E-state index contributed by atoms with van der Waals surface area (Å²) in [6.07, 6.45) is -3.63. The van der Waals surface area contributed by atoms with Gasteiger partial charge in [0.2, 0.25) is 5.91 Å². The number of carbonyl (C=O) groups excluding carboxylic acids is 1. The maximum atomic E-state index is 12.9. The van der Waals surface area contributed by atoms with Crippen LogP contribution in [0.4, 0.5) is 18.9 Å². The number of nitrogens with one attached hydrogen (secondary N) is 1. The predicted octanol–water partition coefficient (Wildman–Crippen LogP) is 3.99. The Balaban J connectivity index is 2.18. The van der Waals surface area contributed by atoms with Crippen LogP contribution in [-0.4, -0.2) is 36.5 Å². The Kier molecular flexibility index (Phi) is 6.13. The normalized spacial score (nSPS) is 22.0. The molecule has 0 saturated carbocycles. The summed E-state index contributed by atoms with van der Waals surface area (Å²) in [7, 11) is 0. The molecule has 2 unspecified atom stereocenters. The zero-order chi connectivity index (χ0) is 19.7. The highest BCUT2D eigenvalue weighted by Gasteiger charge is 2.38. The molecule has 1 heterocycles. The van der Waals surface area contributed by atoms with Crippen molar-refractivity contribution in [2.75, 3.05) is 25.0 Å². The van der Waals surface area contributed by atoms with Gasteiger partial charge in [-0.2, -0.15) is 13.2 Å². The summed E-state index contributed by atoms with van der Waals surface area (Å²) in [5.41, 5.74) is 5.19. The van der Waals surface area contributed by atoms with Crippen molar-refractivity contribution in [1.29, 1.82) is 0 Å². The highest BCUT2D eigenvalue weighted by atomic mass is 35.5. The molecule has 1 fully saturated rings. The molecule has 2 rings (SSSR count). The topological polar surface area (TPSA) is 58.4 Å². The van der Waals surface area contributed by atoms with E-state index in [1.54, 1.807) is 4.90 Å². The van der Waals surface area contributed by atoms with E-state index < -0.39 is 17.8 Å². The standard InChI is InChI=1S/C18H25ClF3N3O/c1-11(2)15(16(26)25-7-6-17(3,9-23)10-25)24-14-5-4-12(8-13(14)19)18(20,21)22/h4-5,8,11,15,24H,6-7,9-10,23H2,1-3H3. The maximum Gasteiger partial charge on any atom is 0.416 e. The van der Waals surface area contributed by atoms with Gasteiger partial charge in [-0.15, -0.1) is 0 Å². The average Bonchev–Trinajstić information content (AvgIpc) is 2.95. The number of rotatable bonds is 5. The number of nitrogens with two attached hydrogens (primary N) is 1. The molecule has 0 radical (unpaired) electrons. The molecule has 146 valence electrons. The molecule has 0 spiro atoms. The van der Waals surface area contributed by atoms with Crippen LogP contribution in [0.15, 0.2) is 18.2 Å². The summed E-state index contributed by atoms with van der Waals surface area (Å²) in [6.45, 7) is 7.51. The Hall–Kier alpha value is -1.47. The Labute approximate surface area is 156 Å². The molecule has 1 aromatic rings. The SMILES string of the molecule is CC(C)C(Nc1ccc(C(F)(F)F)cc1Cl)C(=O)N1CCC(C)(CN)C1. The monoisotopic (exact) mass is 391 g/mol. The Morgan fingerprint density at radius 3 is 2.54 bits per heavy atom. The lowest BCUT2D eigenvalue weighted by Crippen LogP contribution is -2.45. The van der Waals surface area contributed by atoms with Crippen molar-refractivity contribution < 1.29 is 18.0 Å². The van der Waals surface area contributed by atoms with Crippen molar-refractivity contribution in [1.82, 2.24) is 4.90 Å². The molecule has 1 saturated heterocycles. The first-order valence-corrected chi connectivity index (χ1v) is 8.97. The maximum absolute atomic E-state index is 12.9. The van der Waals surface area contributed by atoms with Crippen molar-refractivity contribution in [3.63, 3.8) is 0 Å². The van der Waals surface area contributed by atoms with Gasteiger partial charge >= 0.3 is 6.18 Å². The molecule has 8 heteroatoms. The highest BCUT2D eigenvalue weighted by molar-refractivity contribution is 6.33. The van der Waals surface area contributed by atoms with Crippen LogP contribution in [0.25, 0.3) is 0 Å². The largest absolute Gasteiger partial charge is 0.416 e. The number of alkyl halides is 3. The molecule has 1 aromatic carbocycles. The second kappa shape index (κ2) is 7.64. The van der Waals surface area contributed by atoms with E-state index in [9.17, 15) is 18.0 Å². The number of benzene rings is 1. The number of carbonyl (C=O) groups is 1. The Morgan fingerprint density at radius 2 is 2.08 bits per heavy atom. The van der Waals surface area contributed by atoms with E-state index in [1.807, 2.05) is 20.8 Å². The molecule has 26 heavy (non-hydrogen) atoms. The zero-order valence-corrected chi connectivity index (χ0v) is 15.9. The molecule has 2 atom stereocenters. The van der Waals surface area contributed by atoms with Crippen molar-refractivity contribution in [2.24, 2.45) is 17.1 Å². The quantitative estimate of drug-likeness (QED) is 0.797. The molecular weight excluding hydrogens is 367 g/mol. The molecule has 3 N–H and O–H groups in total. The first-order chi connectivity index (χ1) is 12.0. The number of hydrogen-bond donors (Lipinski definition) is 2. The van der Waals surface area contributed by atoms with E-state index in [-0.39, 0.29) is 22.3 Å². The molecule has 1 aliphatic heterocycles. The molecule has 1 amide bonds. The van der Waals surface area contributed by atoms with Gasteiger partial charge in [-0.05, 0) is 42.5 Å². The summed E-state index contributed by atoms with van der Waals surface area (Å²) in [4.78, 5) is 14.7. The molecule has 0 bridgehead atoms. The van der Waals surface area contributed by atoms with Crippen molar-refractivity contribution in [2.45, 2.75) is 39.4 Å². The van der Waals surface area contributed by atoms with E-state index in [1.165, 1.54) is 6.07 Å². The number of hydrogen-bond acceptors (Lipinski definition) is 3. The van der Waals surface area contributed by atoms with Gasteiger partial charge < -0.3 is 16.0 Å². The van der Waals surface area contributed by atoms with Gasteiger partial charge in [0.05, 0.1) is 16.3 Å². The summed E-state index contributed by atoms with van der Waals surface area (Å²) in [6, 6.07) is 2.51. The molecule has 4 nitrogen and oxygen atoms in total. The molecular formula is C18H25ClF3N3O. The van der Waals surface area contributed by atoms with Crippen LogP contribution in [-0.2, 0) is 11.0 Å². The van der Waals surface area contributed by atoms with E-state index in [2.05, 4.69) is 5.32 Å². The first-order valence-electron chi connectivity index (χ1n) is 8.59. The summed E-state index contributed by atoms with van der Waals surface area (Å²) in [5.74, 6) is -0.154. The Morgan fingerprint density at radius 1 is 1.42 bits per heavy atom. The Bertz CT molecular complexity index is 666. The van der Waals surface area contributed by atoms with Gasteiger partial charge in [-0.25, -0.2) is 0 Å². The highest BCUT2D eigenvalue weighted by Crippen LogP contribution is 2.35. The second-order valence-electron chi connectivity index (χ2n) is 7.58. The third-order valence-electron chi connectivity index (χ3n) is 4.90. The van der Waals surface area contributed by atoms with Crippen molar-refractivity contribution in [3.8, 4) is 0 Å². The molecule has 0 aliphatic carbocycles. The second-order valence-corrected chi connectivity index (χ2v) is 7.99. The summed E-state index contributed by atoms with van der Waals surface area (Å²) < 4.78 is 38.3. The number of likely N-dealkylation sites (tertiary alicyclic amines) is 1. The molecule has 1 aliphatic rings. The van der Waals surface area contributed by atoms with E-state index in [0.29, 0.717) is 25.3 Å². The van der Waals surface area contributed by atoms with Crippen LogP contribution in [0.3, 0.4) is 0 Å². The van der Waals surface area contributed by atoms with E-state index in [0.717, 1.165) is 18.6 Å². The minimum absolute atomic E-state index is 0.0634. The van der Waals surface area contributed by atoms with Crippen LogP contribution in [0.1, 0.15) is 32.8 Å². The summed E-state index contributed by atoms with van der Waals surface area (Å²) >= 11 is 6.01. The van der Waals surface area contributed by atoms with Gasteiger partial charge in [0, 0.05) is 13.1 Å². The molecule has 0 aromatic heterocycles. The van der Waals surface area contributed by atoms with Crippen molar-refractivity contribution >= 4 is 23.2 Å². The van der Waals surface area contributed by atoms with Gasteiger partial charge in [-0.1, -0.05) is 32.4 Å². The fraction of sp³-hybridized carbons (Fsp3) is 0.611. The zero-order valence-electron chi connectivity index (χ0n) is 15.2. The smallest absolute Gasteiger partial charge is 0.372 e. The van der Waals surface area contributed by atoms with Gasteiger partial charge in [0.25, 0.3) is 0 Å². The fourth-order valence-electron chi connectivity index (χ4n) is 3.06. The van der Waals surface area contributed by atoms with E-state index >= 15 is 0 Å². The minimum atomic E-state index is -4.46. The average molecular weight is 392 g/mol. The predicted molar refractivity (Wildman–Crippen MR) is 97.1 cm³/mol. The first kappa shape index (κ1) is 20.8. The van der Waals surface area contributed by atoms with Crippen LogP contribution >= 0.6 is 11.6 Å². The lowest BCUT2D eigenvalue weighted by Gasteiger charge is -2.29. The van der Waals surface area contributed by atoms with Gasteiger partial charge in [-0.3, -0.25) is 4.79 Å². The van der Waals surface area contributed by atoms with Crippen molar-refractivity contribution in [3.05, 3.63) is 28.8 Å². The number of anilines is 1. The summed E-state index contributed by atoms with van der Waals surface area (Å²) in [5, 5.41) is 2.96. The fourth-order valence-corrected chi connectivity index (χ4v) is 3.30. The number of amides is 1. The van der Waals surface area contributed by atoms with Crippen LogP contribution in [0.2, 0.25) is 5.02 Å². The van der Waals surface area contributed by atoms with Crippen LogP contribution < -0.4 is 11.1 Å². The number of halogens is 4. The van der Waals surface area contributed by atoms with Crippen LogP contribution in [0.5, 0.6) is 0 Å². The van der Waals surface area contributed by atoms with E-state index in [4.69, 9.17) is 17.3 Å². The lowest BCUT2D eigenvalue weighted by molar-refractivity contribution is -0.137. The van der Waals surface area contributed by atoms with Gasteiger partial charge in [0.15, 0.2) is 0 Å². The third-order valence-corrected chi connectivity index (χ3v) is 5.22.